The number of nitrogens with zero attached hydrogens (tertiary/aromatic N) is 1. The fraction of sp³-hybridized carbons (Fsp3) is 0.400. The first-order chi connectivity index (χ1) is 7.19. The highest BCUT2D eigenvalue weighted by Gasteiger charge is 2.14. The fourth-order valence-corrected chi connectivity index (χ4v) is 1.16. The number of hydrogen-bond donors (Lipinski definition) is 0. The largest absolute Gasteiger partial charge is 0.496 e. The third-order valence-electron chi connectivity index (χ3n) is 1.71. The minimum Gasteiger partial charge on any atom is -0.496 e. The van der Waals surface area contributed by atoms with Gasteiger partial charge in [0.1, 0.15) is 16.5 Å². The molecule has 0 aliphatic rings. The van der Waals surface area contributed by atoms with Crippen LogP contribution in [0.4, 0.5) is 0 Å². The lowest BCUT2D eigenvalue weighted by Gasteiger charge is -2.07. The summed E-state index contributed by atoms with van der Waals surface area (Å²) < 4.78 is 9.96. The Kier molecular flexibility index (Phi) is 4.37. The van der Waals surface area contributed by atoms with Crippen molar-refractivity contribution in [3.63, 3.8) is 0 Å². The van der Waals surface area contributed by atoms with Crippen LogP contribution in [-0.2, 0) is 4.74 Å². The number of esters is 1. The van der Waals surface area contributed by atoms with Crippen LogP contribution in [0.1, 0.15) is 23.7 Å². The molecule has 0 radical (unpaired) electrons. The topological polar surface area (TPSA) is 48.4 Å². The molecule has 1 heterocycles. The average molecular weight is 230 g/mol. The third kappa shape index (κ3) is 3.09. The van der Waals surface area contributed by atoms with Crippen molar-refractivity contribution in [1.29, 1.82) is 0 Å². The first-order valence-corrected chi connectivity index (χ1v) is 4.93. The summed E-state index contributed by atoms with van der Waals surface area (Å²) in [6.45, 7) is 2.30. The Morgan fingerprint density at radius 2 is 2.33 bits per heavy atom. The fourth-order valence-electron chi connectivity index (χ4n) is 1.01. The number of pyridine rings is 1. The zero-order valence-electron chi connectivity index (χ0n) is 8.62. The van der Waals surface area contributed by atoms with Crippen LogP contribution in [0.3, 0.4) is 0 Å². The molecule has 1 aromatic rings. The van der Waals surface area contributed by atoms with E-state index in [0.717, 1.165) is 6.42 Å². The lowest BCUT2D eigenvalue weighted by Crippen LogP contribution is -2.08. The average Bonchev–Trinajstić information content (AvgIpc) is 2.25. The molecule has 0 unspecified atom stereocenters. The summed E-state index contributed by atoms with van der Waals surface area (Å²) in [7, 11) is 1.46. The van der Waals surface area contributed by atoms with Crippen molar-refractivity contribution < 1.29 is 14.3 Å². The first-order valence-electron chi connectivity index (χ1n) is 4.55. The summed E-state index contributed by atoms with van der Waals surface area (Å²) in [5.74, 6) is -0.0750. The molecule has 0 N–H and O–H groups in total. The smallest absolute Gasteiger partial charge is 0.343 e. The number of methoxy groups -OCH3 is 1. The number of halogens is 1. The summed E-state index contributed by atoms with van der Waals surface area (Å²) >= 11 is 5.66. The summed E-state index contributed by atoms with van der Waals surface area (Å²) in [6, 6.07) is 1.48. The van der Waals surface area contributed by atoms with E-state index < -0.39 is 5.97 Å². The molecule has 82 valence electrons. The molecule has 15 heavy (non-hydrogen) atoms. The van der Waals surface area contributed by atoms with Crippen LogP contribution in [0.2, 0.25) is 5.15 Å². The van der Waals surface area contributed by atoms with Gasteiger partial charge in [-0.25, -0.2) is 9.78 Å². The predicted molar refractivity (Wildman–Crippen MR) is 56.4 cm³/mol. The Morgan fingerprint density at radius 1 is 1.60 bits per heavy atom. The van der Waals surface area contributed by atoms with E-state index in [2.05, 4.69) is 4.98 Å². The van der Waals surface area contributed by atoms with Crippen molar-refractivity contribution in [2.45, 2.75) is 13.3 Å². The third-order valence-corrected chi connectivity index (χ3v) is 1.92. The van der Waals surface area contributed by atoms with E-state index in [1.54, 1.807) is 0 Å². The maximum Gasteiger partial charge on any atom is 0.343 e. The van der Waals surface area contributed by atoms with Crippen LogP contribution in [0.5, 0.6) is 5.75 Å². The van der Waals surface area contributed by atoms with Gasteiger partial charge in [-0.3, -0.25) is 0 Å². The van der Waals surface area contributed by atoms with Gasteiger partial charge in [0.25, 0.3) is 0 Å². The monoisotopic (exact) mass is 229 g/mol. The van der Waals surface area contributed by atoms with Crippen LogP contribution >= 0.6 is 11.6 Å². The Balaban J connectivity index is 2.87. The Morgan fingerprint density at radius 3 is 2.93 bits per heavy atom. The van der Waals surface area contributed by atoms with Gasteiger partial charge in [0, 0.05) is 12.3 Å². The summed E-state index contributed by atoms with van der Waals surface area (Å²) in [6.07, 6.45) is 2.12. The molecular weight excluding hydrogens is 218 g/mol. The van der Waals surface area contributed by atoms with E-state index in [0.29, 0.717) is 12.4 Å². The van der Waals surface area contributed by atoms with Crippen LogP contribution in [-0.4, -0.2) is 24.7 Å². The molecule has 0 aromatic carbocycles. The highest BCUT2D eigenvalue weighted by atomic mass is 35.5. The quantitative estimate of drug-likeness (QED) is 0.587. The molecule has 0 atom stereocenters. The van der Waals surface area contributed by atoms with Gasteiger partial charge < -0.3 is 9.47 Å². The van der Waals surface area contributed by atoms with E-state index in [1.807, 2.05) is 6.92 Å². The number of ether oxygens (including phenoxy) is 2. The van der Waals surface area contributed by atoms with Crippen molar-refractivity contribution in [3.8, 4) is 5.75 Å². The molecule has 1 aromatic heterocycles. The van der Waals surface area contributed by atoms with E-state index in [-0.39, 0.29) is 10.7 Å². The van der Waals surface area contributed by atoms with Gasteiger partial charge in [-0.15, -0.1) is 0 Å². The SMILES string of the molecule is CCCOC(=O)c1cnc(Cl)cc1OC. The van der Waals surface area contributed by atoms with Crippen LogP contribution < -0.4 is 4.74 Å². The Bertz CT molecular complexity index is 355. The molecule has 0 saturated heterocycles. The number of rotatable bonds is 4. The maximum absolute atomic E-state index is 11.5. The molecule has 0 aliphatic heterocycles. The van der Waals surface area contributed by atoms with Crippen molar-refractivity contribution in [3.05, 3.63) is 23.0 Å². The van der Waals surface area contributed by atoms with Crippen LogP contribution in [0, 0.1) is 0 Å². The maximum atomic E-state index is 11.5. The molecule has 0 aliphatic carbocycles. The second-order valence-corrected chi connectivity index (χ2v) is 3.23. The minimum absolute atomic E-state index is 0.277. The van der Waals surface area contributed by atoms with E-state index >= 15 is 0 Å². The molecular formula is C10H12ClNO3. The Hall–Kier alpha value is -1.29. The van der Waals surface area contributed by atoms with E-state index in [4.69, 9.17) is 21.1 Å². The van der Waals surface area contributed by atoms with Crippen molar-refractivity contribution >= 4 is 17.6 Å². The molecule has 0 saturated carbocycles. The van der Waals surface area contributed by atoms with Gasteiger partial charge in [-0.05, 0) is 6.42 Å². The van der Waals surface area contributed by atoms with Gasteiger partial charge in [-0.2, -0.15) is 0 Å². The number of hydrogen-bond acceptors (Lipinski definition) is 4. The lowest BCUT2D eigenvalue weighted by molar-refractivity contribution is 0.0501. The molecule has 0 amide bonds. The molecule has 1 rings (SSSR count). The van der Waals surface area contributed by atoms with Gasteiger partial charge in [0.15, 0.2) is 0 Å². The molecule has 0 bridgehead atoms. The summed E-state index contributed by atoms with van der Waals surface area (Å²) in [5, 5.41) is 0.277. The predicted octanol–water partition coefficient (Wildman–Crippen LogP) is 2.31. The summed E-state index contributed by atoms with van der Waals surface area (Å²) in [5.41, 5.74) is 0.287. The standard InChI is InChI=1S/C10H12ClNO3/c1-3-4-15-10(13)7-6-12-9(11)5-8(7)14-2/h5-6H,3-4H2,1-2H3. The number of aromatic nitrogens is 1. The number of carbonyl (C=O) groups is 1. The molecule has 0 spiro atoms. The highest BCUT2D eigenvalue weighted by Crippen LogP contribution is 2.21. The van der Waals surface area contributed by atoms with Crippen LogP contribution in [0.25, 0.3) is 0 Å². The van der Waals surface area contributed by atoms with Crippen molar-refractivity contribution in [2.24, 2.45) is 0 Å². The molecule has 4 nitrogen and oxygen atoms in total. The highest BCUT2D eigenvalue weighted by molar-refractivity contribution is 6.29. The number of carbonyl (C=O) groups excluding carboxylic acids is 1. The van der Waals surface area contributed by atoms with Gasteiger partial charge in [0.2, 0.25) is 0 Å². The van der Waals surface area contributed by atoms with Crippen LogP contribution in [0.15, 0.2) is 12.3 Å². The molecule has 0 fully saturated rings. The lowest BCUT2D eigenvalue weighted by atomic mass is 10.2. The zero-order valence-corrected chi connectivity index (χ0v) is 9.37. The van der Waals surface area contributed by atoms with Gasteiger partial charge >= 0.3 is 5.97 Å². The Labute approximate surface area is 93.2 Å². The minimum atomic E-state index is -0.446. The van der Waals surface area contributed by atoms with Crippen molar-refractivity contribution in [2.75, 3.05) is 13.7 Å². The van der Waals surface area contributed by atoms with Gasteiger partial charge in [0.05, 0.1) is 13.7 Å². The second kappa shape index (κ2) is 5.56. The first kappa shape index (κ1) is 11.8. The van der Waals surface area contributed by atoms with Gasteiger partial charge in [-0.1, -0.05) is 18.5 Å². The summed E-state index contributed by atoms with van der Waals surface area (Å²) in [4.78, 5) is 15.3. The second-order valence-electron chi connectivity index (χ2n) is 2.84. The normalized spacial score (nSPS) is 9.80. The van der Waals surface area contributed by atoms with E-state index in [9.17, 15) is 4.79 Å². The zero-order chi connectivity index (χ0) is 11.3. The molecule has 5 heteroatoms. The van der Waals surface area contributed by atoms with Crippen molar-refractivity contribution in [1.82, 2.24) is 4.98 Å². The van der Waals surface area contributed by atoms with E-state index in [1.165, 1.54) is 19.4 Å².